The van der Waals surface area contributed by atoms with E-state index in [4.69, 9.17) is 5.73 Å². The van der Waals surface area contributed by atoms with Crippen LogP contribution in [0.3, 0.4) is 0 Å². The van der Waals surface area contributed by atoms with E-state index in [1.807, 2.05) is 6.92 Å². The molecule has 3 fully saturated rings. The minimum absolute atomic E-state index is 0.0159. The van der Waals surface area contributed by atoms with Crippen LogP contribution in [0.1, 0.15) is 166 Å². The topological polar surface area (TPSA) is 435 Å². The molecule has 17 unspecified atom stereocenters. The Balaban J connectivity index is 1.56. The summed E-state index contributed by atoms with van der Waals surface area (Å²) in [6.45, 7) is 20.0. The van der Waals surface area contributed by atoms with Crippen molar-refractivity contribution in [1.29, 1.82) is 0 Å². The van der Waals surface area contributed by atoms with Gasteiger partial charge in [0.25, 0.3) is 5.91 Å². The molecular formula is C68H106N14O16. The van der Waals surface area contributed by atoms with Crippen molar-refractivity contribution in [2.75, 3.05) is 19.6 Å². The average Bonchev–Trinajstić information content (AvgIpc) is 1.62. The molecule has 3 saturated heterocycles. The summed E-state index contributed by atoms with van der Waals surface area (Å²) in [6, 6.07) is -7.11. The van der Waals surface area contributed by atoms with Crippen LogP contribution in [0.2, 0.25) is 0 Å². The smallest absolute Gasteiger partial charge is 0.326 e. The first kappa shape index (κ1) is 80.0. The number of aliphatic hydroxyl groups excluding tert-OH is 1. The summed E-state index contributed by atoms with van der Waals surface area (Å²) < 4.78 is 0. The van der Waals surface area contributed by atoms with Crippen molar-refractivity contribution in [2.24, 2.45) is 35.3 Å². The van der Waals surface area contributed by atoms with Crippen molar-refractivity contribution in [3.8, 4) is 0 Å². The van der Waals surface area contributed by atoms with Crippen LogP contribution in [0.25, 0.3) is 0 Å². The van der Waals surface area contributed by atoms with E-state index in [9.17, 15) is 67.7 Å². The second kappa shape index (κ2) is 37.3. The fourth-order valence-electron chi connectivity index (χ4n) is 12.5. The zero-order chi connectivity index (χ0) is 73.0. The highest BCUT2D eigenvalue weighted by molar-refractivity contribution is 6.03. The number of carboxylic acids is 1. The minimum Gasteiger partial charge on any atom is -0.480 e. The molecule has 1 aromatic rings. The number of nitrogens with two attached hydrogens (primary N) is 1. The number of fused-ring (bicyclic) bond motifs is 2. The van der Waals surface area contributed by atoms with Crippen LogP contribution in [0, 0.1) is 29.6 Å². The maximum Gasteiger partial charge on any atom is 0.326 e. The number of carbonyl (C=O) groups excluding carboxylic acids is 13. The molecule has 1 aromatic carbocycles. The predicted octanol–water partition coefficient (Wildman–Crippen LogP) is -0.399. The Morgan fingerprint density at radius 2 is 1.21 bits per heavy atom. The van der Waals surface area contributed by atoms with E-state index in [0.717, 1.165) is 11.1 Å². The van der Waals surface area contributed by atoms with Crippen molar-refractivity contribution in [2.45, 2.75) is 245 Å². The summed E-state index contributed by atoms with van der Waals surface area (Å²) in [4.78, 5) is 203. The molecule has 98 heavy (non-hydrogen) atoms. The van der Waals surface area contributed by atoms with E-state index in [-0.39, 0.29) is 76.9 Å². The normalized spacial score (nSPS) is 25.7. The molecule has 17 atom stereocenters. The Kier molecular flexibility index (Phi) is 30.5. The molecule has 0 bridgehead atoms. The molecule has 5 rings (SSSR count). The lowest BCUT2D eigenvalue weighted by atomic mass is 9.94. The maximum absolute atomic E-state index is 15.4. The summed E-state index contributed by atoms with van der Waals surface area (Å²) in [5.41, 5.74) is 5.69. The van der Waals surface area contributed by atoms with E-state index >= 15 is 9.59 Å². The van der Waals surface area contributed by atoms with Gasteiger partial charge in [0.15, 0.2) is 0 Å². The van der Waals surface area contributed by atoms with Gasteiger partial charge in [0.2, 0.25) is 70.9 Å². The molecule has 4 aliphatic rings. The highest BCUT2D eigenvalue weighted by Crippen LogP contribution is 2.28. The van der Waals surface area contributed by atoms with Gasteiger partial charge in [0.05, 0.1) is 12.5 Å². The van der Waals surface area contributed by atoms with Gasteiger partial charge in [-0.2, -0.15) is 0 Å². The highest BCUT2D eigenvalue weighted by atomic mass is 16.4. The van der Waals surface area contributed by atoms with Crippen LogP contribution in [-0.2, 0) is 73.5 Å². The SMILES string of the molecule is CCC1NC(=O)C2CC(O)CN2C(=O)C2CCCN2C(=O)C(Cc2ccccc2)NC(=O)C(C(C)CC)NC(=O)C(C(C)CC)NC=C(C(=O)N2CCCC2C(=O)NC(C(=O)NC(CC(N)=O)C(=O)NC(C)C(=O)NC(C(=O)O)C(C)CC)C(C)CC)NC(=O)C(CC(C)C)NC1=O. The number of rotatable bonds is 25. The Labute approximate surface area is 573 Å². The molecule has 0 radical (unpaired) electrons. The summed E-state index contributed by atoms with van der Waals surface area (Å²) in [5.74, 6) is -14.7. The molecule has 0 aliphatic carbocycles. The van der Waals surface area contributed by atoms with Crippen LogP contribution < -0.4 is 58.9 Å². The van der Waals surface area contributed by atoms with Gasteiger partial charge in [-0.25, -0.2) is 4.79 Å². The second-order valence-electron chi connectivity index (χ2n) is 27.1. The zero-order valence-corrected chi connectivity index (χ0v) is 58.7. The number of nitrogens with one attached hydrogen (secondary N) is 10. The van der Waals surface area contributed by atoms with Gasteiger partial charge >= 0.3 is 5.97 Å². The van der Waals surface area contributed by atoms with Crippen molar-refractivity contribution in [3.05, 3.63) is 47.8 Å². The van der Waals surface area contributed by atoms with Crippen molar-refractivity contribution in [1.82, 2.24) is 67.9 Å². The molecule has 13 amide bonds. The first-order valence-corrected chi connectivity index (χ1v) is 34.7. The number of carbonyl (C=O) groups is 14. The quantitative estimate of drug-likeness (QED) is 0.0592. The fourth-order valence-corrected chi connectivity index (χ4v) is 12.5. The number of benzene rings is 1. The number of primary amides is 1. The molecule has 544 valence electrons. The number of hydrogen-bond acceptors (Lipinski definition) is 16. The van der Waals surface area contributed by atoms with Crippen molar-refractivity contribution < 1.29 is 77.3 Å². The monoisotopic (exact) mass is 1370 g/mol. The molecule has 30 heteroatoms. The number of hydrogen-bond donors (Lipinski definition) is 13. The zero-order valence-electron chi connectivity index (χ0n) is 58.7. The lowest BCUT2D eigenvalue weighted by Gasteiger charge is -2.34. The number of nitrogens with zero attached hydrogens (tertiary/aromatic N) is 3. The second-order valence-corrected chi connectivity index (χ2v) is 27.1. The van der Waals surface area contributed by atoms with Crippen LogP contribution in [0.5, 0.6) is 0 Å². The first-order valence-electron chi connectivity index (χ1n) is 34.7. The van der Waals surface area contributed by atoms with E-state index < -0.39 is 197 Å². The number of likely N-dealkylation sites (tertiary alicyclic amines) is 1. The minimum atomic E-state index is -1.69. The third-order valence-electron chi connectivity index (χ3n) is 19.3. The van der Waals surface area contributed by atoms with Gasteiger partial charge in [-0.1, -0.05) is 132 Å². The average molecular weight is 1380 g/mol. The van der Waals surface area contributed by atoms with E-state index in [0.29, 0.717) is 31.2 Å². The van der Waals surface area contributed by atoms with Gasteiger partial charge in [0, 0.05) is 38.7 Å². The number of carboxylic acid groups (broad SMARTS) is 1. The number of amides is 13. The van der Waals surface area contributed by atoms with Crippen molar-refractivity contribution >= 4 is 82.8 Å². The molecule has 4 heterocycles. The molecule has 4 aliphatic heterocycles. The molecular weight excluding hydrogens is 1270 g/mol. The fraction of sp³-hybridized carbons (Fsp3) is 0.676. The van der Waals surface area contributed by atoms with Crippen LogP contribution in [-0.4, -0.2) is 206 Å². The summed E-state index contributed by atoms with van der Waals surface area (Å²) in [7, 11) is 0. The van der Waals surface area contributed by atoms with Gasteiger partial charge in [-0.15, -0.1) is 0 Å². The summed E-state index contributed by atoms with van der Waals surface area (Å²) in [5, 5.41) is 47.7. The molecule has 0 saturated carbocycles. The maximum atomic E-state index is 15.4. The standard InChI is InChI=1S/C68H106N14O16/c1-13-36(8)52-62(91)78-54(38(10)15-3)64(93)75-46(30-41-23-19-18-20-24-41)65(94)81-28-22-26-49(81)67(96)82-34-42(83)31-50(82)61(90)72-43(17-5)57(86)73-44(29-35(6)7)59(88)76-47(33-70-52)66(95)80-27-21-25-48(80)60(89)77-53(37(9)14-2)63(92)74-45(32-51(69)84)58(87)71-40(12)56(85)79-55(68(97)98)39(11)16-4/h18-20,23-24,33,35-40,42-46,48-50,52-55,70,83H,13-17,21-22,25-32,34H2,1-12H3,(H2,69,84)(H,71,87)(H,72,90)(H,73,86)(H,74,92)(H,75,93)(H,76,88)(H,77,89)(H,78,91)(H,79,85)(H,97,98). The van der Waals surface area contributed by atoms with Crippen LogP contribution >= 0.6 is 0 Å². The summed E-state index contributed by atoms with van der Waals surface area (Å²) >= 11 is 0. The van der Waals surface area contributed by atoms with Gasteiger partial charge < -0.3 is 83.8 Å². The third kappa shape index (κ3) is 21.4. The van der Waals surface area contributed by atoms with Gasteiger partial charge in [-0.05, 0) is 80.6 Å². The molecule has 0 aromatic heterocycles. The van der Waals surface area contributed by atoms with Crippen LogP contribution in [0.15, 0.2) is 42.2 Å². The lowest BCUT2D eigenvalue weighted by Crippen LogP contribution is -2.61. The first-order chi connectivity index (χ1) is 46.3. The highest BCUT2D eigenvalue weighted by Gasteiger charge is 2.48. The van der Waals surface area contributed by atoms with Crippen molar-refractivity contribution in [3.63, 3.8) is 0 Å². The summed E-state index contributed by atoms with van der Waals surface area (Å²) in [6.07, 6.45) is 1.19. The van der Waals surface area contributed by atoms with E-state index in [1.165, 1.54) is 16.7 Å². The Hall–Kier alpha value is -8.70. The number of aliphatic carboxylic acids is 1. The lowest BCUT2D eigenvalue weighted by molar-refractivity contribution is -0.148. The largest absolute Gasteiger partial charge is 0.480 e. The Morgan fingerprint density at radius 3 is 1.82 bits per heavy atom. The predicted molar refractivity (Wildman–Crippen MR) is 359 cm³/mol. The van der Waals surface area contributed by atoms with E-state index in [2.05, 4.69) is 53.2 Å². The molecule has 0 spiro atoms. The Bertz CT molecular complexity index is 3080. The Morgan fingerprint density at radius 1 is 0.612 bits per heavy atom. The van der Waals surface area contributed by atoms with E-state index in [1.54, 1.807) is 99.6 Å². The molecule has 30 nitrogen and oxygen atoms in total. The third-order valence-corrected chi connectivity index (χ3v) is 19.3. The van der Waals surface area contributed by atoms with Gasteiger partial charge in [-0.3, -0.25) is 62.3 Å². The van der Waals surface area contributed by atoms with Gasteiger partial charge in [0.1, 0.15) is 78.2 Å². The molecule has 14 N–H and O–H groups in total. The van der Waals surface area contributed by atoms with Crippen LogP contribution in [0.4, 0.5) is 0 Å². The number of aliphatic hydroxyl groups is 1.